The van der Waals surface area contributed by atoms with Crippen molar-refractivity contribution in [1.82, 2.24) is 5.32 Å². The first-order valence-electron chi connectivity index (χ1n) is 4.52. The number of amides is 1. The molecule has 1 unspecified atom stereocenters. The van der Waals surface area contributed by atoms with Gasteiger partial charge in [0, 0.05) is 6.42 Å². The van der Waals surface area contributed by atoms with E-state index in [1.54, 1.807) is 0 Å². The summed E-state index contributed by atoms with van der Waals surface area (Å²) < 4.78 is 4.53. The van der Waals surface area contributed by atoms with Crippen LogP contribution in [0.15, 0.2) is 0 Å². The summed E-state index contributed by atoms with van der Waals surface area (Å²) in [5.41, 5.74) is 0. The summed E-state index contributed by atoms with van der Waals surface area (Å²) in [5, 5.41) is 2.60. The van der Waals surface area contributed by atoms with Crippen LogP contribution >= 0.6 is 0 Å². The van der Waals surface area contributed by atoms with Crippen molar-refractivity contribution in [1.29, 1.82) is 0 Å². The molecular weight excluding hydrogens is 170 g/mol. The van der Waals surface area contributed by atoms with Crippen LogP contribution in [0.1, 0.15) is 33.1 Å². The van der Waals surface area contributed by atoms with Crippen molar-refractivity contribution in [3.8, 4) is 0 Å². The molecule has 13 heavy (non-hydrogen) atoms. The molecule has 0 aromatic carbocycles. The number of rotatable bonds is 5. The number of hydrogen-bond donors (Lipinski definition) is 1. The quantitative estimate of drug-likeness (QED) is 0.649. The third kappa shape index (κ3) is 4.50. The fourth-order valence-electron chi connectivity index (χ4n) is 0.963. The van der Waals surface area contributed by atoms with Crippen molar-refractivity contribution >= 4 is 11.9 Å². The minimum absolute atomic E-state index is 0.0975. The minimum atomic E-state index is -0.496. The highest BCUT2D eigenvalue weighted by Crippen LogP contribution is 1.96. The van der Waals surface area contributed by atoms with Crippen LogP contribution in [0.3, 0.4) is 0 Å². The molecule has 1 atom stereocenters. The number of nitrogens with one attached hydrogen (secondary N) is 1. The van der Waals surface area contributed by atoms with Crippen LogP contribution < -0.4 is 5.32 Å². The number of methoxy groups -OCH3 is 1. The highest BCUT2D eigenvalue weighted by Gasteiger charge is 2.18. The average Bonchev–Trinajstić information content (AvgIpc) is 2.13. The molecule has 0 spiro atoms. The van der Waals surface area contributed by atoms with E-state index in [4.69, 9.17) is 0 Å². The number of carbonyl (C=O) groups excluding carboxylic acids is 2. The van der Waals surface area contributed by atoms with Crippen molar-refractivity contribution in [3.63, 3.8) is 0 Å². The van der Waals surface area contributed by atoms with Gasteiger partial charge in [-0.25, -0.2) is 4.79 Å². The summed E-state index contributed by atoms with van der Waals surface area (Å²) in [6, 6.07) is -0.496. The van der Waals surface area contributed by atoms with Gasteiger partial charge in [-0.15, -0.1) is 0 Å². The van der Waals surface area contributed by atoms with Gasteiger partial charge in [-0.1, -0.05) is 13.8 Å². The van der Waals surface area contributed by atoms with Crippen LogP contribution in [0.4, 0.5) is 0 Å². The van der Waals surface area contributed by atoms with E-state index >= 15 is 0 Å². The zero-order chi connectivity index (χ0) is 10.3. The predicted octanol–water partition coefficient (Wildman–Crippen LogP) is 0.854. The second-order valence-corrected chi connectivity index (χ2v) is 2.80. The maximum absolute atomic E-state index is 11.1. The zero-order valence-electron chi connectivity index (χ0n) is 8.42. The summed E-state index contributed by atoms with van der Waals surface area (Å²) in [7, 11) is 1.32. The first-order valence-corrected chi connectivity index (χ1v) is 4.52. The third-order valence-electron chi connectivity index (χ3n) is 1.71. The summed E-state index contributed by atoms with van der Waals surface area (Å²) in [5.74, 6) is -0.480. The largest absolute Gasteiger partial charge is 0.467 e. The molecule has 76 valence electrons. The second-order valence-electron chi connectivity index (χ2n) is 2.80. The van der Waals surface area contributed by atoms with Gasteiger partial charge in [-0.05, 0) is 12.8 Å². The molecule has 4 nitrogen and oxygen atoms in total. The van der Waals surface area contributed by atoms with Gasteiger partial charge in [-0.2, -0.15) is 0 Å². The van der Waals surface area contributed by atoms with E-state index in [0.29, 0.717) is 12.8 Å². The Hall–Kier alpha value is -1.06. The Morgan fingerprint density at radius 3 is 2.38 bits per heavy atom. The van der Waals surface area contributed by atoms with E-state index < -0.39 is 6.04 Å². The molecule has 0 aliphatic rings. The molecule has 0 aromatic heterocycles. The predicted molar refractivity (Wildman–Crippen MR) is 49.1 cm³/mol. The van der Waals surface area contributed by atoms with Gasteiger partial charge in [0.1, 0.15) is 6.04 Å². The number of esters is 1. The molecule has 0 aliphatic heterocycles. The maximum Gasteiger partial charge on any atom is 0.328 e. The lowest BCUT2D eigenvalue weighted by molar-refractivity contribution is -0.145. The van der Waals surface area contributed by atoms with Gasteiger partial charge in [0.05, 0.1) is 7.11 Å². The smallest absolute Gasteiger partial charge is 0.328 e. The van der Waals surface area contributed by atoms with Gasteiger partial charge in [-0.3, -0.25) is 4.79 Å². The molecule has 0 fully saturated rings. The Bertz CT molecular complexity index is 180. The van der Waals surface area contributed by atoms with Crippen LogP contribution in [0.25, 0.3) is 0 Å². The van der Waals surface area contributed by atoms with Gasteiger partial charge in [0.25, 0.3) is 0 Å². The Morgan fingerprint density at radius 1 is 1.38 bits per heavy atom. The molecule has 0 radical (unpaired) electrons. The van der Waals surface area contributed by atoms with Gasteiger partial charge < -0.3 is 10.1 Å². The monoisotopic (exact) mass is 187 g/mol. The first-order chi connectivity index (χ1) is 6.15. The number of ether oxygens (including phenoxy) is 1. The van der Waals surface area contributed by atoms with E-state index in [1.807, 2.05) is 13.8 Å². The van der Waals surface area contributed by atoms with E-state index in [2.05, 4.69) is 10.1 Å². The molecule has 1 N–H and O–H groups in total. The molecular formula is C9H17NO3. The molecule has 0 aromatic rings. The molecule has 0 rings (SSSR count). The SMILES string of the molecule is CCCC(=O)NC(CC)C(=O)OC. The van der Waals surface area contributed by atoms with E-state index in [9.17, 15) is 9.59 Å². The standard InChI is InChI=1S/C9H17NO3/c1-4-6-8(11)10-7(5-2)9(12)13-3/h7H,4-6H2,1-3H3,(H,10,11). The Kier molecular flexibility index (Phi) is 5.93. The van der Waals surface area contributed by atoms with Gasteiger partial charge in [0.2, 0.25) is 5.91 Å². The van der Waals surface area contributed by atoms with Crippen LogP contribution in [0.5, 0.6) is 0 Å². The molecule has 0 saturated heterocycles. The normalized spacial score (nSPS) is 11.9. The summed E-state index contributed by atoms with van der Waals surface area (Å²) in [6.07, 6.45) is 1.79. The maximum atomic E-state index is 11.1. The van der Waals surface area contributed by atoms with Crippen molar-refractivity contribution in [2.45, 2.75) is 39.2 Å². The topological polar surface area (TPSA) is 55.4 Å². The van der Waals surface area contributed by atoms with Crippen molar-refractivity contribution < 1.29 is 14.3 Å². The van der Waals surface area contributed by atoms with E-state index in [0.717, 1.165) is 6.42 Å². The lowest BCUT2D eigenvalue weighted by atomic mass is 10.2. The molecule has 0 aliphatic carbocycles. The highest BCUT2D eigenvalue weighted by molar-refractivity contribution is 5.84. The second kappa shape index (κ2) is 6.46. The van der Waals surface area contributed by atoms with Crippen LogP contribution in [-0.4, -0.2) is 25.0 Å². The van der Waals surface area contributed by atoms with Gasteiger partial charge >= 0.3 is 5.97 Å². The van der Waals surface area contributed by atoms with Crippen LogP contribution in [0.2, 0.25) is 0 Å². The lowest BCUT2D eigenvalue weighted by Gasteiger charge is -2.13. The fraction of sp³-hybridized carbons (Fsp3) is 0.778. The number of carbonyl (C=O) groups is 2. The summed E-state index contributed by atoms with van der Waals surface area (Å²) in [4.78, 5) is 22.2. The fourth-order valence-corrected chi connectivity index (χ4v) is 0.963. The summed E-state index contributed by atoms with van der Waals surface area (Å²) in [6.45, 7) is 3.74. The highest BCUT2D eigenvalue weighted by atomic mass is 16.5. The molecule has 4 heteroatoms. The summed E-state index contributed by atoms with van der Waals surface area (Å²) >= 11 is 0. The van der Waals surface area contributed by atoms with Gasteiger partial charge in [0.15, 0.2) is 0 Å². The lowest BCUT2D eigenvalue weighted by Crippen LogP contribution is -2.40. The van der Waals surface area contributed by atoms with Crippen molar-refractivity contribution in [3.05, 3.63) is 0 Å². The van der Waals surface area contributed by atoms with Crippen molar-refractivity contribution in [2.75, 3.05) is 7.11 Å². The third-order valence-corrected chi connectivity index (χ3v) is 1.71. The Labute approximate surface area is 78.6 Å². The van der Waals surface area contributed by atoms with Crippen molar-refractivity contribution in [2.24, 2.45) is 0 Å². The Balaban J connectivity index is 3.97. The zero-order valence-corrected chi connectivity index (χ0v) is 8.42. The average molecular weight is 187 g/mol. The van der Waals surface area contributed by atoms with Crippen LogP contribution in [-0.2, 0) is 14.3 Å². The van der Waals surface area contributed by atoms with E-state index in [-0.39, 0.29) is 11.9 Å². The molecule has 0 saturated carbocycles. The first kappa shape index (κ1) is 11.9. The Morgan fingerprint density at radius 2 is 2.00 bits per heavy atom. The number of hydrogen-bond acceptors (Lipinski definition) is 3. The van der Waals surface area contributed by atoms with E-state index in [1.165, 1.54) is 7.11 Å². The molecule has 0 bridgehead atoms. The van der Waals surface area contributed by atoms with Crippen LogP contribution in [0, 0.1) is 0 Å². The minimum Gasteiger partial charge on any atom is -0.467 e. The molecule has 1 amide bonds. The molecule has 0 heterocycles.